The maximum atomic E-state index is 12.1. The summed E-state index contributed by atoms with van der Waals surface area (Å²) in [5, 5.41) is 6.57. The van der Waals surface area contributed by atoms with Gasteiger partial charge in [0.15, 0.2) is 5.96 Å². The number of alkyl halides is 3. The molecular weight excluding hydrogens is 403 g/mol. The molecule has 0 bridgehead atoms. The Morgan fingerprint density at radius 2 is 1.83 bits per heavy atom. The molecule has 29 heavy (non-hydrogen) atoms. The first-order valence-electron chi connectivity index (χ1n) is 9.22. The van der Waals surface area contributed by atoms with E-state index in [0.29, 0.717) is 24.6 Å². The number of aliphatic imine (C=N–C) groups is 1. The predicted molar refractivity (Wildman–Crippen MR) is 110 cm³/mol. The molecule has 1 aromatic heterocycles. The minimum absolute atomic E-state index is 0.0706. The standard InChI is InChI=1S/C20H26F3N3O2S/c1-29-12-10-25-19(24-9-8-18-3-2-11-28-18)26-13-16-4-6-17(7-5-16)14-27-15-20(21,22)23/h2-7,11H,8-10,12-15H2,1H3,(H2,24,25,26). The third-order valence-electron chi connectivity index (χ3n) is 3.82. The molecule has 5 nitrogen and oxygen atoms in total. The number of benzene rings is 1. The van der Waals surface area contributed by atoms with Crippen molar-refractivity contribution in [3.05, 3.63) is 59.5 Å². The molecule has 1 heterocycles. The van der Waals surface area contributed by atoms with Gasteiger partial charge in [-0.15, -0.1) is 0 Å². The fourth-order valence-corrected chi connectivity index (χ4v) is 2.71. The number of hydrogen-bond acceptors (Lipinski definition) is 4. The monoisotopic (exact) mass is 429 g/mol. The van der Waals surface area contributed by atoms with Crippen LogP contribution < -0.4 is 10.6 Å². The van der Waals surface area contributed by atoms with Gasteiger partial charge in [-0.2, -0.15) is 24.9 Å². The molecule has 0 atom stereocenters. The van der Waals surface area contributed by atoms with Crippen molar-refractivity contribution in [3.8, 4) is 0 Å². The molecule has 0 aliphatic carbocycles. The molecule has 1 aromatic carbocycles. The van der Waals surface area contributed by atoms with Crippen LogP contribution in [0.15, 0.2) is 52.1 Å². The first kappa shape index (κ1) is 23.2. The van der Waals surface area contributed by atoms with Gasteiger partial charge in [-0.05, 0) is 29.5 Å². The van der Waals surface area contributed by atoms with E-state index in [2.05, 4.69) is 20.4 Å². The Morgan fingerprint density at radius 1 is 1.10 bits per heavy atom. The van der Waals surface area contributed by atoms with Gasteiger partial charge in [0, 0.05) is 25.3 Å². The summed E-state index contributed by atoms with van der Waals surface area (Å²) in [6.45, 7) is 0.628. The van der Waals surface area contributed by atoms with Gasteiger partial charge >= 0.3 is 6.18 Å². The maximum absolute atomic E-state index is 12.1. The molecule has 0 saturated heterocycles. The highest BCUT2D eigenvalue weighted by molar-refractivity contribution is 7.98. The molecule has 2 rings (SSSR count). The Morgan fingerprint density at radius 3 is 2.48 bits per heavy atom. The van der Waals surface area contributed by atoms with Crippen LogP contribution in [0.2, 0.25) is 0 Å². The molecule has 0 aliphatic rings. The van der Waals surface area contributed by atoms with E-state index in [1.165, 1.54) is 0 Å². The number of halogens is 3. The molecule has 9 heteroatoms. The van der Waals surface area contributed by atoms with Crippen LogP contribution in [0.1, 0.15) is 16.9 Å². The zero-order chi connectivity index (χ0) is 21.0. The van der Waals surface area contributed by atoms with Gasteiger partial charge in [-0.25, -0.2) is 4.99 Å². The first-order valence-corrected chi connectivity index (χ1v) is 10.6. The summed E-state index contributed by atoms with van der Waals surface area (Å²) in [6.07, 6.45) is 0.142. The highest BCUT2D eigenvalue weighted by atomic mass is 32.2. The van der Waals surface area contributed by atoms with E-state index < -0.39 is 12.8 Å². The molecule has 0 unspecified atom stereocenters. The van der Waals surface area contributed by atoms with Crippen molar-refractivity contribution in [3.63, 3.8) is 0 Å². The number of hydrogen-bond donors (Lipinski definition) is 2. The van der Waals surface area contributed by atoms with Crippen molar-refractivity contribution >= 4 is 17.7 Å². The summed E-state index contributed by atoms with van der Waals surface area (Å²) < 4.78 is 46.4. The van der Waals surface area contributed by atoms with Crippen molar-refractivity contribution in [1.82, 2.24) is 10.6 Å². The first-order chi connectivity index (χ1) is 14.0. The van der Waals surface area contributed by atoms with Gasteiger partial charge in [-0.3, -0.25) is 0 Å². The van der Waals surface area contributed by atoms with Crippen LogP contribution >= 0.6 is 11.8 Å². The van der Waals surface area contributed by atoms with E-state index in [1.807, 2.05) is 30.5 Å². The normalized spacial score (nSPS) is 12.2. The van der Waals surface area contributed by atoms with Crippen LogP contribution in [-0.4, -0.2) is 43.8 Å². The summed E-state index contributed by atoms with van der Waals surface area (Å²) in [5.41, 5.74) is 1.65. The maximum Gasteiger partial charge on any atom is 0.411 e. The number of guanidine groups is 1. The number of furan rings is 1. The highest BCUT2D eigenvalue weighted by Crippen LogP contribution is 2.16. The smallest absolute Gasteiger partial charge is 0.411 e. The summed E-state index contributed by atoms with van der Waals surface area (Å²) in [5.74, 6) is 2.58. The van der Waals surface area contributed by atoms with E-state index in [1.54, 1.807) is 30.2 Å². The fraction of sp³-hybridized carbons (Fsp3) is 0.450. The van der Waals surface area contributed by atoms with E-state index in [0.717, 1.165) is 30.0 Å². The molecule has 0 radical (unpaired) electrons. The van der Waals surface area contributed by atoms with Gasteiger partial charge < -0.3 is 19.8 Å². The lowest BCUT2D eigenvalue weighted by molar-refractivity contribution is -0.176. The molecule has 0 amide bonds. The van der Waals surface area contributed by atoms with E-state index in [9.17, 15) is 13.2 Å². The minimum Gasteiger partial charge on any atom is -0.469 e. The van der Waals surface area contributed by atoms with E-state index in [4.69, 9.17) is 4.42 Å². The Bertz CT molecular complexity index is 720. The van der Waals surface area contributed by atoms with Crippen molar-refractivity contribution in [2.24, 2.45) is 4.99 Å². The summed E-state index contributed by atoms with van der Waals surface area (Å²) in [4.78, 5) is 4.58. The van der Waals surface area contributed by atoms with Gasteiger partial charge in [0.1, 0.15) is 12.4 Å². The lowest BCUT2D eigenvalue weighted by Gasteiger charge is -2.12. The third-order valence-corrected chi connectivity index (χ3v) is 4.43. The second-order valence-electron chi connectivity index (χ2n) is 6.27. The molecule has 2 N–H and O–H groups in total. The molecule has 160 valence electrons. The zero-order valence-corrected chi connectivity index (χ0v) is 17.1. The van der Waals surface area contributed by atoms with Crippen LogP contribution in [-0.2, 0) is 24.3 Å². The third kappa shape index (κ3) is 10.3. The van der Waals surface area contributed by atoms with Crippen molar-refractivity contribution in [1.29, 1.82) is 0 Å². The largest absolute Gasteiger partial charge is 0.469 e. The van der Waals surface area contributed by atoms with Crippen LogP contribution in [0.25, 0.3) is 0 Å². The average molecular weight is 430 g/mol. The number of ether oxygens (including phenoxy) is 1. The van der Waals surface area contributed by atoms with Gasteiger partial charge in [-0.1, -0.05) is 24.3 Å². The second kappa shape index (κ2) is 12.4. The SMILES string of the molecule is CSCCNC(=NCc1ccc(COCC(F)(F)F)cc1)NCCc1ccco1. The van der Waals surface area contributed by atoms with Crippen LogP contribution in [0.4, 0.5) is 13.2 Å². The summed E-state index contributed by atoms with van der Waals surface area (Å²) in [7, 11) is 0. The lowest BCUT2D eigenvalue weighted by Crippen LogP contribution is -2.39. The van der Waals surface area contributed by atoms with Crippen LogP contribution in [0.3, 0.4) is 0 Å². The number of nitrogens with zero attached hydrogens (tertiary/aromatic N) is 1. The van der Waals surface area contributed by atoms with E-state index >= 15 is 0 Å². The Labute approximate surface area is 173 Å². The molecule has 0 aliphatic heterocycles. The zero-order valence-electron chi connectivity index (χ0n) is 16.3. The average Bonchev–Trinajstić information content (AvgIpc) is 3.19. The number of thioether (sulfide) groups is 1. The van der Waals surface area contributed by atoms with Gasteiger partial charge in [0.25, 0.3) is 0 Å². The number of rotatable bonds is 11. The number of nitrogens with one attached hydrogen (secondary N) is 2. The van der Waals surface area contributed by atoms with Crippen molar-refractivity contribution in [2.75, 3.05) is 31.7 Å². The molecule has 0 saturated carbocycles. The Balaban J connectivity index is 1.83. The fourth-order valence-electron chi connectivity index (χ4n) is 2.40. The van der Waals surface area contributed by atoms with Gasteiger partial charge in [0.2, 0.25) is 0 Å². The summed E-state index contributed by atoms with van der Waals surface area (Å²) >= 11 is 1.75. The molecule has 0 spiro atoms. The van der Waals surface area contributed by atoms with Crippen LogP contribution in [0.5, 0.6) is 0 Å². The Kier molecular flexibility index (Phi) is 9.93. The lowest BCUT2D eigenvalue weighted by atomic mass is 10.1. The molecule has 2 aromatic rings. The topological polar surface area (TPSA) is 58.8 Å². The quantitative estimate of drug-likeness (QED) is 0.321. The highest BCUT2D eigenvalue weighted by Gasteiger charge is 2.27. The van der Waals surface area contributed by atoms with Crippen molar-refractivity contribution < 1.29 is 22.3 Å². The Hall–Kier alpha value is -2.13. The predicted octanol–water partition coefficient (Wildman–Crippen LogP) is 4.00. The van der Waals surface area contributed by atoms with E-state index in [-0.39, 0.29) is 6.61 Å². The summed E-state index contributed by atoms with van der Waals surface area (Å²) in [6, 6.07) is 11.0. The minimum atomic E-state index is -4.31. The molecule has 0 fully saturated rings. The van der Waals surface area contributed by atoms with Crippen LogP contribution in [0, 0.1) is 0 Å². The van der Waals surface area contributed by atoms with Crippen molar-refractivity contribution in [2.45, 2.75) is 25.7 Å². The second-order valence-corrected chi connectivity index (χ2v) is 7.25. The van der Waals surface area contributed by atoms with Gasteiger partial charge in [0.05, 0.1) is 19.4 Å². The molecular formula is C20H26F3N3O2S.